The minimum Gasteiger partial charge on any atom is -0.478 e. The summed E-state index contributed by atoms with van der Waals surface area (Å²) in [5.41, 5.74) is 0.239. The Labute approximate surface area is 149 Å². The number of carboxylic acids is 1. The predicted molar refractivity (Wildman–Crippen MR) is 90.5 cm³/mol. The van der Waals surface area contributed by atoms with Gasteiger partial charge in [0.15, 0.2) is 0 Å². The van der Waals surface area contributed by atoms with E-state index in [1.165, 1.54) is 24.3 Å². The normalized spacial score (nSPS) is 15.6. The molecule has 26 heavy (non-hydrogen) atoms. The fraction of sp³-hybridized carbons (Fsp3) is 0.389. The number of hydrogen-bond donors (Lipinski definition) is 2. The highest BCUT2D eigenvalue weighted by molar-refractivity contribution is 5.92. The van der Waals surface area contributed by atoms with Gasteiger partial charge >= 0.3 is 5.97 Å². The van der Waals surface area contributed by atoms with Gasteiger partial charge in [-0.1, -0.05) is 12.8 Å². The summed E-state index contributed by atoms with van der Waals surface area (Å²) in [7, 11) is 0. The number of rotatable bonds is 7. The zero-order valence-corrected chi connectivity index (χ0v) is 14.1. The van der Waals surface area contributed by atoms with Crippen LogP contribution in [0.1, 0.15) is 42.2 Å². The lowest BCUT2D eigenvalue weighted by Gasteiger charge is -2.15. The minimum atomic E-state index is -1.29. The molecule has 0 aliphatic heterocycles. The number of benzene rings is 1. The van der Waals surface area contributed by atoms with Crippen LogP contribution < -0.4 is 10.1 Å². The maximum atomic E-state index is 12.9. The summed E-state index contributed by atoms with van der Waals surface area (Å²) in [6.07, 6.45) is 4.90. The van der Waals surface area contributed by atoms with Gasteiger partial charge in [0, 0.05) is 6.20 Å². The molecule has 1 aromatic heterocycles. The number of nitrogens with one attached hydrogen (secondary N) is 1. The van der Waals surface area contributed by atoms with Gasteiger partial charge in [-0.15, -0.1) is 0 Å². The quantitative estimate of drug-likeness (QED) is 0.790. The maximum absolute atomic E-state index is 12.9. The second-order valence-corrected chi connectivity index (χ2v) is 6.23. The number of aliphatic carboxylic acids is 1. The number of carbonyl (C=O) groups is 2. The molecule has 138 valence electrons. The Bertz CT molecular complexity index is 769. The molecule has 2 aromatic rings. The second-order valence-electron chi connectivity index (χ2n) is 6.23. The Morgan fingerprint density at radius 1 is 1.27 bits per heavy atom. The van der Waals surface area contributed by atoms with Crippen molar-refractivity contribution in [2.24, 2.45) is 0 Å². The van der Waals surface area contributed by atoms with Crippen molar-refractivity contribution < 1.29 is 23.8 Å². The Morgan fingerprint density at radius 3 is 2.62 bits per heavy atom. The summed E-state index contributed by atoms with van der Waals surface area (Å²) < 4.78 is 20.0. The average molecular weight is 361 g/mol. The largest absolute Gasteiger partial charge is 0.478 e. The van der Waals surface area contributed by atoms with E-state index < -0.39 is 23.8 Å². The third-order valence-electron chi connectivity index (χ3n) is 4.36. The Morgan fingerprint density at radius 2 is 1.96 bits per heavy atom. The van der Waals surface area contributed by atoms with Crippen LogP contribution in [0.15, 0.2) is 36.5 Å². The highest BCUT2D eigenvalue weighted by Crippen LogP contribution is 2.28. The number of ether oxygens (including phenoxy) is 1. The van der Waals surface area contributed by atoms with E-state index in [2.05, 4.69) is 10.4 Å². The molecule has 0 spiro atoms. The number of amides is 1. The van der Waals surface area contributed by atoms with Gasteiger partial charge in [0.25, 0.3) is 5.91 Å². The van der Waals surface area contributed by atoms with Gasteiger partial charge in [0.05, 0.1) is 12.6 Å². The molecular formula is C18H20FN3O4. The van der Waals surface area contributed by atoms with Crippen LogP contribution in [-0.4, -0.2) is 39.4 Å². The number of halogens is 1. The molecule has 1 heterocycles. The van der Waals surface area contributed by atoms with Gasteiger partial charge in [0.1, 0.15) is 17.3 Å². The number of carboxylic acid groups (broad SMARTS) is 1. The van der Waals surface area contributed by atoms with Crippen molar-refractivity contribution in [3.05, 3.63) is 48.0 Å². The van der Waals surface area contributed by atoms with Crippen LogP contribution in [0.3, 0.4) is 0 Å². The van der Waals surface area contributed by atoms with Crippen molar-refractivity contribution in [3.8, 4) is 5.75 Å². The molecule has 1 aromatic carbocycles. The topological polar surface area (TPSA) is 93.5 Å². The van der Waals surface area contributed by atoms with Crippen LogP contribution in [0.4, 0.5) is 4.39 Å². The fourth-order valence-corrected chi connectivity index (χ4v) is 2.96. The first-order valence-electron chi connectivity index (χ1n) is 8.51. The SMILES string of the molecule is O=C(NCC(Oc1ccc(F)cc1)C(=O)O)c1ccn(C2CCCC2)n1. The smallest absolute Gasteiger partial charge is 0.346 e. The van der Waals surface area contributed by atoms with E-state index in [4.69, 9.17) is 4.74 Å². The lowest BCUT2D eigenvalue weighted by Crippen LogP contribution is -2.40. The van der Waals surface area contributed by atoms with Crippen LogP contribution in [0.5, 0.6) is 5.75 Å². The van der Waals surface area contributed by atoms with E-state index in [0.717, 1.165) is 25.7 Å². The molecule has 1 unspecified atom stereocenters. The molecule has 0 saturated heterocycles. The van der Waals surface area contributed by atoms with Crippen molar-refractivity contribution in [1.82, 2.24) is 15.1 Å². The first-order chi connectivity index (χ1) is 12.5. The van der Waals surface area contributed by atoms with Crippen LogP contribution >= 0.6 is 0 Å². The van der Waals surface area contributed by atoms with E-state index in [-0.39, 0.29) is 18.0 Å². The average Bonchev–Trinajstić information content (AvgIpc) is 3.30. The van der Waals surface area contributed by atoms with Gasteiger partial charge in [0.2, 0.25) is 6.10 Å². The van der Waals surface area contributed by atoms with E-state index >= 15 is 0 Å². The molecule has 7 nitrogen and oxygen atoms in total. The number of carbonyl (C=O) groups excluding carboxylic acids is 1. The van der Waals surface area contributed by atoms with Gasteiger partial charge in [-0.3, -0.25) is 9.48 Å². The standard InChI is InChI=1S/C18H20FN3O4/c19-12-5-7-14(8-6-12)26-16(18(24)25)11-20-17(23)15-9-10-22(21-15)13-3-1-2-4-13/h5-10,13,16H,1-4,11H2,(H,20,23)(H,24,25). The molecule has 1 atom stereocenters. The van der Waals surface area contributed by atoms with Gasteiger partial charge in [-0.05, 0) is 43.2 Å². The summed E-state index contributed by atoms with van der Waals surface area (Å²) in [5, 5.41) is 16.1. The van der Waals surface area contributed by atoms with E-state index in [0.29, 0.717) is 6.04 Å². The summed E-state index contributed by atoms with van der Waals surface area (Å²) in [6, 6.07) is 6.94. The summed E-state index contributed by atoms with van der Waals surface area (Å²) >= 11 is 0. The van der Waals surface area contributed by atoms with Crippen molar-refractivity contribution in [2.45, 2.75) is 37.8 Å². The van der Waals surface area contributed by atoms with Gasteiger partial charge < -0.3 is 15.2 Å². The molecule has 1 aliphatic carbocycles. The lowest BCUT2D eigenvalue weighted by atomic mass is 10.3. The zero-order valence-electron chi connectivity index (χ0n) is 14.1. The van der Waals surface area contributed by atoms with Crippen molar-refractivity contribution >= 4 is 11.9 Å². The second kappa shape index (κ2) is 7.99. The van der Waals surface area contributed by atoms with Crippen molar-refractivity contribution in [2.75, 3.05) is 6.54 Å². The Balaban J connectivity index is 1.57. The maximum Gasteiger partial charge on any atom is 0.346 e. The first kappa shape index (κ1) is 17.9. The Hall–Kier alpha value is -2.90. The summed E-state index contributed by atoms with van der Waals surface area (Å²) in [6.45, 7) is -0.234. The van der Waals surface area contributed by atoms with Crippen molar-refractivity contribution in [3.63, 3.8) is 0 Å². The summed E-state index contributed by atoms with van der Waals surface area (Å²) in [4.78, 5) is 23.5. The molecule has 2 N–H and O–H groups in total. The number of hydrogen-bond acceptors (Lipinski definition) is 4. The third kappa shape index (κ3) is 4.38. The van der Waals surface area contributed by atoms with Crippen molar-refractivity contribution in [1.29, 1.82) is 0 Å². The molecule has 1 aliphatic rings. The number of nitrogens with zero attached hydrogens (tertiary/aromatic N) is 2. The third-order valence-corrected chi connectivity index (χ3v) is 4.36. The first-order valence-corrected chi connectivity index (χ1v) is 8.51. The van der Waals surface area contributed by atoms with Crippen LogP contribution in [0.2, 0.25) is 0 Å². The van der Waals surface area contributed by atoms with Crippen LogP contribution in [0, 0.1) is 5.82 Å². The molecule has 3 rings (SSSR count). The Kier molecular flexibility index (Phi) is 5.50. The van der Waals surface area contributed by atoms with E-state index in [9.17, 15) is 19.1 Å². The molecule has 0 radical (unpaired) electrons. The molecule has 8 heteroatoms. The predicted octanol–water partition coefficient (Wildman–Crippen LogP) is 2.40. The fourth-order valence-electron chi connectivity index (χ4n) is 2.96. The van der Waals surface area contributed by atoms with E-state index in [1.54, 1.807) is 16.9 Å². The molecule has 1 amide bonds. The zero-order chi connectivity index (χ0) is 18.5. The lowest BCUT2D eigenvalue weighted by molar-refractivity contribution is -0.144. The highest BCUT2D eigenvalue weighted by Gasteiger charge is 2.23. The van der Waals surface area contributed by atoms with Gasteiger partial charge in [-0.25, -0.2) is 9.18 Å². The summed E-state index contributed by atoms with van der Waals surface area (Å²) in [5.74, 6) is -1.93. The van der Waals surface area contributed by atoms with Gasteiger partial charge in [-0.2, -0.15) is 5.10 Å². The van der Waals surface area contributed by atoms with Crippen LogP contribution in [0.25, 0.3) is 0 Å². The molecule has 0 bridgehead atoms. The van der Waals surface area contributed by atoms with Crippen LogP contribution in [-0.2, 0) is 4.79 Å². The molecule has 1 saturated carbocycles. The number of aromatic nitrogens is 2. The molecule has 1 fully saturated rings. The molecular weight excluding hydrogens is 341 g/mol. The minimum absolute atomic E-state index is 0.207. The monoisotopic (exact) mass is 361 g/mol. The highest BCUT2D eigenvalue weighted by atomic mass is 19.1. The van der Waals surface area contributed by atoms with E-state index in [1.807, 2.05) is 0 Å².